The summed E-state index contributed by atoms with van der Waals surface area (Å²) in [7, 11) is -2.85. The molecule has 0 bridgehead atoms. The van der Waals surface area contributed by atoms with Gasteiger partial charge in [-0.1, -0.05) is 11.8 Å². The number of hydrogen-bond donors (Lipinski definition) is 2. The van der Waals surface area contributed by atoms with Crippen molar-refractivity contribution in [3.63, 3.8) is 0 Å². The lowest BCUT2D eigenvalue weighted by Crippen LogP contribution is -2.08. The number of thioether (sulfide) groups is 1. The molecule has 0 rings (SSSR count). The Balaban J connectivity index is 3.37. The normalized spacial score (nSPS) is 11.4. The van der Waals surface area contributed by atoms with Crippen LogP contribution in [0, 0.1) is 5.41 Å². The standard InChI is InChI=1S/C5H12N2O2S2/c1-11(8,9)4-2-3-10-5(6)7/h2-4H2,1H3,(H3,6,7). The van der Waals surface area contributed by atoms with Crippen molar-refractivity contribution in [1.29, 1.82) is 5.41 Å². The molecule has 0 saturated heterocycles. The Kier molecular flexibility index (Phi) is 4.51. The van der Waals surface area contributed by atoms with Gasteiger partial charge < -0.3 is 5.73 Å². The van der Waals surface area contributed by atoms with Crippen LogP contribution in [-0.2, 0) is 9.84 Å². The highest BCUT2D eigenvalue weighted by atomic mass is 32.2. The zero-order valence-corrected chi connectivity index (χ0v) is 7.96. The molecule has 11 heavy (non-hydrogen) atoms. The van der Waals surface area contributed by atoms with Gasteiger partial charge in [-0.15, -0.1) is 0 Å². The number of nitrogens with two attached hydrogens (primary N) is 1. The van der Waals surface area contributed by atoms with Gasteiger partial charge in [0.05, 0.1) is 5.75 Å². The van der Waals surface area contributed by atoms with Crippen molar-refractivity contribution in [1.82, 2.24) is 0 Å². The third-order valence-electron chi connectivity index (χ3n) is 0.917. The Bertz CT molecular complexity index is 223. The summed E-state index contributed by atoms with van der Waals surface area (Å²) >= 11 is 1.17. The van der Waals surface area contributed by atoms with Crippen LogP contribution in [0.25, 0.3) is 0 Å². The first-order valence-electron chi connectivity index (χ1n) is 3.06. The highest BCUT2D eigenvalue weighted by molar-refractivity contribution is 8.13. The Labute approximate surface area is 71.0 Å². The maximum atomic E-state index is 10.6. The Morgan fingerprint density at radius 2 is 2.18 bits per heavy atom. The fourth-order valence-electron chi connectivity index (χ4n) is 0.503. The summed E-state index contributed by atoms with van der Waals surface area (Å²) in [5.74, 6) is 0.773. The van der Waals surface area contributed by atoms with E-state index in [0.29, 0.717) is 12.2 Å². The molecule has 0 amide bonds. The van der Waals surface area contributed by atoms with Crippen LogP contribution in [0.3, 0.4) is 0 Å². The lowest BCUT2D eigenvalue weighted by atomic mass is 10.6. The third-order valence-corrected chi connectivity index (χ3v) is 2.75. The molecule has 66 valence electrons. The quantitative estimate of drug-likeness (QED) is 0.378. The van der Waals surface area contributed by atoms with E-state index in [9.17, 15) is 8.42 Å². The van der Waals surface area contributed by atoms with Crippen molar-refractivity contribution in [2.45, 2.75) is 6.42 Å². The minimum Gasteiger partial charge on any atom is -0.379 e. The topological polar surface area (TPSA) is 84.0 Å². The SMILES string of the molecule is CS(=O)(=O)CCCSC(=N)N. The van der Waals surface area contributed by atoms with Crippen molar-refractivity contribution >= 4 is 26.8 Å². The predicted octanol–water partition coefficient (Wildman–Crippen LogP) is 0.0478. The Morgan fingerprint density at radius 1 is 1.64 bits per heavy atom. The molecule has 0 fully saturated rings. The first-order chi connectivity index (χ1) is 4.92. The molecule has 0 atom stereocenters. The molecule has 6 heteroatoms. The maximum absolute atomic E-state index is 10.6. The first kappa shape index (κ1) is 10.8. The van der Waals surface area contributed by atoms with Gasteiger partial charge in [-0.3, -0.25) is 5.41 Å². The fourth-order valence-corrected chi connectivity index (χ4v) is 1.86. The molecule has 3 N–H and O–H groups in total. The monoisotopic (exact) mass is 196 g/mol. The van der Waals surface area contributed by atoms with E-state index >= 15 is 0 Å². The Morgan fingerprint density at radius 3 is 2.55 bits per heavy atom. The zero-order valence-electron chi connectivity index (χ0n) is 6.33. The Hall–Kier alpha value is -0.230. The van der Waals surface area contributed by atoms with Crippen molar-refractivity contribution in [2.24, 2.45) is 5.73 Å². The van der Waals surface area contributed by atoms with Gasteiger partial charge >= 0.3 is 0 Å². The van der Waals surface area contributed by atoms with Crippen LogP contribution in [0.2, 0.25) is 0 Å². The third kappa shape index (κ3) is 9.77. The van der Waals surface area contributed by atoms with Crippen molar-refractivity contribution in [2.75, 3.05) is 17.8 Å². The van der Waals surface area contributed by atoms with E-state index in [2.05, 4.69) is 0 Å². The van der Waals surface area contributed by atoms with Crippen LogP contribution in [0.1, 0.15) is 6.42 Å². The summed E-state index contributed by atoms with van der Waals surface area (Å²) in [5, 5.41) is 6.86. The summed E-state index contributed by atoms with van der Waals surface area (Å²) in [6.07, 6.45) is 1.76. The average molecular weight is 196 g/mol. The fraction of sp³-hybridized carbons (Fsp3) is 0.800. The second-order valence-electron chi connectivity index (χ2n) is 2.20. The van der Waals surface area contributed by atoms with Crippen molar-refractivity contribution < 1.29 is 8.42 Å². The van der Waals surface area contributed by atoms with Gasteiger partial charge in [0.25, 0.3) is 0 Å². The second kappa shape index (κ2) is 4.61. The van der Waals surface area contributed by atoms with Crippen molar-refractivity contribution in [3.8, 4) is 0 Å². The molecule has 0 aromatic heterocycles. The molecule has 4 nitrogen and oxygen atoms in total. The first-order valence-corrected chi connectivity index (χ1v) is 6.11. The molecule has 0 radical (unpaired) electrons. The molecule has 0 saturated carbocycles. The molecule has 0 spiro atoms. The van der Waals surface area contributed by atoms with Gasteiger partial charge in [0.2, 0.25) is 0 Å². The summed E-state index contributed by atoms with van der Waals surface area (Å²) in [5.41, 5.74) is 5.04. The molecular weight excluding hydrogens is 184 g/mol. The van der Waals surface area contributed by atoms with E-state index in [-0.39, 0.29) is 10.9 Å². The van der Waals surface area contributed by atoms with Crippen LogP contribution in [0.15, 0.2) is 0 Å². The van der Waals surface area contributed by atoms with Gasteiger partial charge in [-0.05, 0) is 6.42 Å². The van der Waals surface area contributed by atoms with Crippen molar-refractivity contribution in [3.05, 3.63) is 0 Å². The number of sulfone groups is 1. The summed E-state index contributed by atoms with van der Waals surface area (Å²) in [6, 6.07) is 0. The molecule has 0 unspecified atom stereocenters. The van der Waals surface area contributed by atoms with Gasteiger partial charge in [0, 0.05) is 12.0 Å². The summed E-state index contributed by atoms with van der Waals surface area (Å²) in [4.78, 5) is 0. The van der Waals surface area contributed by atoms with E-state index in [1.165, 1.54) is 18.0 Å². The number of nitrogens with one attached hydrogen (secondary N) is 1. The van der Waals surface area contributed by atoms with Gasteiger partial charge in [-0.2, -0.15) is 0 Å². The number of hydrogen-bond acceptors (Lipinski definition) is 4. The second-order valence-corrected chi connectivity index (χ2v) is 5.59. The minimum atomic E-state index is -2.85. The predicted molar refractivity (Wildman–Crippen MR) is 48.7 cm³/mol. The lowest BCUT2D eigenvalue weighted by Gasteiger charge is -1.97. The molecule has 0 aliphatic heterocycles. The smallest absolute Gasteiger partial charge is 0.151 e. The zero-order chi connectivity index (χ0) is 8.91. The van der Waals surface area contributed by atoms with E-state index < -0.39 is 9.84 Å². The van der Waals surface area contributed by atoms with Crippen LogP contribution in [-0.4, -0.2) is 31.3 Å². The van der Waals surface area contributed by atoms with E-state index in [0.717, 1.165) is 0 Å². The van der Waals surface area contributed by atoms with E-state index in [1.807, 2.05) is 0 Å². The van der Waals surface area contributed by atoms with Crippen LogP contribution in [0.5, 0.6) is 0 Å². The molecule has 0 aliphatic carbocycles. The maximum Gasteiger partial charge on any atom is 0.151 e. The van der Waals surface area contributed by atoms with Gasteiger partial charge in [0.15, 0.2) is 5.17 Å². The molecular formula is C5H12N2O2S2. The largest absolute Gasteiger partial charge is 0.379 e. The van der Waals surface area contributed by atoms with Crippen LogP contribution >= 0.6 is 11.8 Å². The lowest BCUT2D eigenvalue weighted by molar-refractivity contribution is 0.600. The van der Waals surface area contributed by atoms with Gasteiger partial charge in [0.1, 0.15) is 9.84 Å². The van der Waals surface area contributed by atoms with E-state index in [1.54, 1.807) is 0 Å². The summed E-state index contributed by atoms with van der Waals surface area (Å²) < 4.78 is 21.2. The number of amidine groups is 1. The highest BCUT2D eigenvalue weighted by Gasteiger charge is 2.01. The van der Waals surface area contributed by atoms with Crippen LogP contribution in [0.4, 0.5) is 0 Å². The highest BCUT2D eigenvalue weighted by Crippen LogP contribution is 2.01. The molecule has 0 aromatic carbocycles. The minimum absolute atomic E-state index is 0.0403. The van der Waals surface area contributed by atoms with E-state index in [4.69, 9.17) is 11.1 Å². The van der Waals surface area contributed by atoms with Gasteiger partial charge in [-0.25, -0.2) is 8.42 Å². The summed E-state index contributed by atoms with van der Waals surface area (Å²) in [6.45, 7) is 0. The average Bonchev–Trinajstić information content (AvgIpc) is 1.78. The van der Waals surface area contributed by atoms with Crippen LogP contribution < -0.4 is 5.73 Å². The molecule has 0 aliphatic rings. The number of rotatable bonds is 4. The molecule has 0 heterocycles. The molecule has 0 aromatic rings.